The van der Waals surface area contributed by atoms with E-state index < -0.39 is 0 Å². The van der Waals surface area contributed by atoms with Gasteiger partial charge >= 0.3 is 0 Å². The zero-order chi connectivity index (χ0) is 20.8. The van der Waals surface area contributed by atoms with Crippen LogP contribution in [-0.2, 0) is 6.42 Å². The first-order valence-electron chi connectivity index (χ1n) is 10.8. The minimum absolute atomic E-state index is 0.163. The standard InChI is InChI=1S/C25H28N4O/c26-21-14-12-19(13-15-21)23-17-27-24(29-25(30)20-9-5-2-6-10-20)22(28-23)16-11-18-7-3-1-4-8-18/h2,5-6,9-10,12-15,17-18H,1,3-4,7-8,11,16,26H2,(H,27,29,30). The lowest BCUT2D eigenvalue weighted by Crippen LogP contribution is -2.16. The summed E-state index contributed by atoms with van der Waals surface area (Å²) in [6.45, 7) is 0. The lowest BCUT2D eigenvalue weighted by Gasteiger charge is -2.21. The smallest absolute Gasteiger partial charge is 0.256 e. The molecule has 1 saturated carbocycles. The van der Waals surface area contributed by atoms with E-state index in [0.717, 1.165) is 41.4 Å². The monoisotopic (exact) mass is 400 g/mol. The number of aromatic nitrogens is 2. The molecule has 0 aliphatic heterocycles. The van der Waals surface area contributed by atoms with E-state index >= 15 is 0 Å². The summed E-state index contributed by atoms with van der Waals surface area (Å²) in [7, 11) is 0. The SMILES string of the molecule is Nc1ccc(-c2cnc(NC(=O)c3ccccc3)c(CCC3CCCCC3)n2)cc1. The highest BCUT2D eigenvalue weighted by atomic mass is 16.1. The van der Waals surface area contributed by atoms with Gasteiger partial charge in [-0.3, -0.25) is 4.79 Å². The predicted octanol–water partition coefficient (Wildman–Crippen LogP) is 5.49. The van der Waals surface area contributed by atoms with Crippen LogP contribution in [0.4, 0.5) is 11.5 Å². The van der Waals surface area contributed by atoms with Gasteiger partial charge in [-0.1, -0.05) is 62.4 Å². The second kappa shape index (κ2) is 9.53. The maximum Gasteiger partial charge on any atom is 0.256 e. The average Bonchev–Trinajstić information content (AvgIpc) is 2.80. The van der Waals surface area contributed by atoms with E-state index in [9.17, 15) is 4.79 Å². The van der Waals surface area contributed by atoms with Crippen molar-refractivity contribution in [2.75, 3.05) is 11.1 Å². The first kappa shape index (κ1) is 20.1. The highest BCUT2D eigenvalue weighted by Gasteiger charge is 2.17. The molecule has 0 atom stereocenters. The Labute approximate surface area is 177 Å². The molecule has 4 rings (SSSR count). The van der Waals surface area contributed by atoms with Crippen molar-refractivity contribution in [3.05, 3.63) is 72.1 Å². The highest BCUT2D eigenvalue weighted by molar-refractivity contribution is 6.04. The van der Waals surface area contributed by atoms with Crippen molar-refractivity contribution >= 4 is 17.4 Å². The fraction of sp³-hybridized carbons (Fsp3) is 0.320. The molecule has 154 valence electrons. The number of hydrogen-bond acceptors (Lipinski definition) is 4. The van der Waals surface area contributed by atoms with Gasteiger partial charge < -0.3 is 11.1 Å². The Morgan fingerprint density at radius 2 is 1.73 bits per heavy atom. The van der Waals surface area contributed by atoms with Crippen LogP contribution in [-0.4, -0.2) is 15.9 Å². The number of nitrogens with one attached hydrogen (secondary N) is 1. The van der Waals surface area contributed by atoms with E-state index in [1.165, 1.54) is 32.1 Å². The number of nitrogen functional groups attached to an aromatic ring is 1. The van der Waals surface area contributed by atoms with Crippen molar-refractivity contribution < 1.29 is 4.79 Å². The normalized spacial score (nSPS) is 14.4. The van der Waals surface area contributed by atoms with Gasteiger partial charge in [0, 0.05) is 16.8 Å². The van der Waals surface area contributed by atoms with E-state index in [4.69, 9.17) is 10.7 Å². The summed E-state index contributed by atoms with van der Waals surface area (Å²) in [6, 6.07) is 16.8. The number of nitrogens with two attached hydrogens (primary N) is 1. The largest absolute Gasteiger partial charge is 0.399 e. The van der Waals surface area contributed by atoms with Crippen molar-refractivity contribution in [3.8, 4) is 11.3 Å². The average molecular weight is 401 g/mol. The lowest BCUT2D eigenvalue weighted by molar-refractivity contribution is 0.102. The van der Waals surface area contributed by atoms with Crippen molar-refractivity contribution in [1.82, 2.24) is 9.97 Å². The molecule has 30 heavy (non-hydrogen) atoms. The summed E-state index contributed by atoms with van der Waals surface area (Å²) in [5.41, 5.74) is 9.76. The number of benzene rings is 2. The van der Waals surface area contributed by atoms with E-state index in [1.807, 2.05) is 42.5 Å². The molecule has 0 unspecified atom stereocenters. The van der Waals surface area contributed by atoms with Crippen LogP contribution < -0.4 is 11.1 Å². The van der Waals surface area contributed by atoms with Gasteiger partial charge in [0.25, 0.3) is 5.91 Å². The summed E-state index contributed by atoms with van der Waals surface area (Å²) in [5.74, 6) is 1.13. The van der Waals surface area contributed by atoms with E-state index in [2.05, 4.69) is 10.3 Å². The quantitative estimate of drug-likeness (QED) is 0.536. The van der Waals surface area contributed by atoms with Gasteiger partial charge in [-0.25, -0.2) is 9.97 Å². The molecule has 0 bridgehead atoms. The number of amides is 1. The van der Waals surface area contributed by atoms with Crippen LogP contribution in [0.3, 0.4) is 0 Å². The molecule has 1 aliphatic rings. The second-order valence-corrected chi connectivity index (χ2v) is 8.04. The van der Waals surface area contributed by atoms with Crippen molar-refractivity contribution in [2.45, 2.75) is 44.9 Å². The van der Waals surface area contributed by atoms with Crippen LogP contribution in [0.25, 0.3) is 11.3 Å². The van der Waals surface area contributed by atoms with E-state index in [0.29, 0.717) is 11.4 Å². The van der Waals surface area contributed by atoms with E-state index in [1.54, 1.807) is 18.3 Å². The third kappa shape index (κ3) is 5.03. The Balaban J connectivity index is 1.58. The Bertz CT molecular complexity index is 980. The molecule has 0 radical (unpaired) electrons. The molecule has 1 fully saturated rings. The predicted molar refractivity (Wildman–Crippen MR) is 121 cm³/mol. The van der Waals surface area contributed by atoms with Crippen molar-refractivity contribution in [2.24, 2.45) is 5.92 Å². The second-order valence-electron chi connectivity index (χ2n) is 8.04. The molecule has 1 amide bonds. The number of anilines is 2. The van der Waals surface area contributed by atoms with Crippen molar-refractivity contribution in [3.63, 3.8) is 0 Å². The molecule has 5 heteroatoms. The zero-order valence-electron chi connectivity index (χ0n) is 17.2. The number of carbonyl (C=O) groups is 1. The minimum atomic E-state index is -0.163. The molecule has 1 aliphatic carbocycles. The topological polar surface area (TPSA) is 80.9 Å². The first-order chi connectivity index (χ1) is 14.7. The van der Waals surface area contributed by atoms with Crippen LogP contribution in [0.2, 0.25) is 0 Å². The number of rotatable bonds is 6. The molecular formula is C25H28N4O. The van der Waals surface area contributed by atoms with Gasteiger partial charge in [0.1, 0.15) is 0 Å². The van der Waals surface area contributed by atoms with Crippen LogP contribution in [0, 0.1) is 5.92 Å². The minimum Gasteiger partial charge on any atom is -0.399 e. The third-order valence-electron chi connectivity index (χ3n) is 5.83. The molecule has 0 spiro atoms. The van der Waals surface area contributed by atoms with E-state index in [-0.39, 0.29) is 5.91 Å². The Hall–Kier alpha value is -3.21. The van der Waals surface area contributed by atoms with Gasteiger partial charge in [0.15, 0.2) is 5.82 Å². The molecule has 1 aromatic heterocycles. The highest BCUT2D eigenvalue weighted by Crippen LogP contribution is 2.29. The fourth-order valence-corrected chi connectivity index (χ4v) is 4.09. The maximum atomic E-state index is 12.7. The number of nitrogens with zero attached hydrogens (tertiary/aromatic N) is 2. The van der Waals surface area contributed by atoms with Crippen LogP contribution in [0.15, 0.2) is 60.8 Å². The number of aryl methyl sites for hydroxylation is 1. The summed E-state index contributed by atoms with van der Waals surface area (Å²) in [4.78, 5) is 22.1. The molecule has 5 nitrogen and oxygen atoms in total. The van der Waals surface area contributed by atoms with Crippen LogP contribution in [0.1, 0.15) is 54.6 Å². The summed E-state index contributed by atoms with van der Waals surface area (Å²) in [6.07, 6.45) is 10.2. The van der Waals surface area contributed by atoms with Crippen LogP contribution >= 0.6 is 0 Å². The van der Waals surface area contributed by atoms with Gasteiger partial charge in [-0.15, -0.1) is 0 Å². The third-order valence-corrected chi connectivity index (χ3v) is 5.83. The van der Waals surface area contributed by atoms with Crippen molar-refractivity contribution in [1.29, 1.82) is 0 Å². The molecule has 2 aromatic carbocycles. The fourth-order valence-electron chi connectivity index (χ4n) is 4.09. The number of hydrogen-bond donors (Lipinski definition) is 2. The molecule has 3 aromatic rings. The lowest BCUT2D eigenvalue weighted by atomic mass is 9.86. The molecule has 1 heterocycles. The van der Waals surface area contributed by atoms with Gasteiger partial charge in [-0.2, -0.15) is 0 Å². The Kier molecular flexibility index (Phi) is 6.38. The maximum absolute atomic E-state index is 12.7. The Morgan fingerprint density at radius 1 is 1.00 bits per heavy atom. The molecular weight excluding hydrogens is 372 g/mol. The zero-order valence-corrected chi connectivity index (χ0v) is 17.2. The first-order valence-corrected chi connectivity index (χ1v) is 10.8. The molecule has 0 saturated heterocycles. The Morgan fingerprint density at radius 3 is 2.47 bits per heavy atom. The van der Waals surface area contributed by atoms with Gasteiger partial charge in [0.05, 0.1) is 17.6 Å². The van der Waals surface area contributed by atoms with Crippen LogP contribution in [0.5, 0.6) is 0 Å². The van der Waals surface area contributed by atoms with Gasteiger partial charge in [-0.05, 0) is 43.0 Å². The van der Waals surface area contributed by atoms with Gasteiger partial charge in [0.2, 0.25) is 0 Å². The summed E-state index contributed by atoms with van der Waals surface area (Å²) >= 11 is 0. The summed E-state index contributed by atoms with van der Waals surface area (Å²) < 4.78 is 0. The summed E-state index contributed by atoms with van der Waals surface area (Å²) in [5, 5.41) is 2.97. The number of carbonyl (C=O) groups excluding carboxylic acids is 1. The molecule has 3 N–H and O–H groups in total.